The van der Waals surface area contributed by atoms with Crippen molar-refractivity contribution in [1.82, 2.24) is 4.98 Å². The highest BCUT2D eigenvalue weighted by atomic mass is 32.2. The van der Waals surface area contributed by atoms with Crippen molar-refractivity contribution in [3.63, 3.8) is 0 Å². The van der Waals surface area contributed by atoms with E-state index in [2.05, 4.69) is 29.6 Å². The predicted octanol–water partition coefficient (Wildman–Crippen LogP) is 4.60. The van der Waals surface area contributed by atoms with E-state index in [1.165, 1.54) is 17.3 Å². The summed E-state index contributed by atoms with van der Waals surface area (Å²) >= 11 is 1.43. The van der Waals surface area contributed by atoms with Gasteiger partial charge in [0.2, 0.25) is 5.91 Å². The van der Waals surface area contributed by atoms with Gasteiger partial charge in [-0.25, -0.2) is 4.98 Å². The van der Waals surface area contributed by atoms with Crippen LogP contribution in [0.4, 0.5) is 5.69 Å². The Morgan fingerprint density at radius 2 is 1.89 bits per heavy atom. The second-order valence-electron chi connectivity index (χ2n) is 6.21. The monoisotopic (exact) mass is 382 g/mol. The number of nitrogens with zero attached hydrogens (tertiary/aromatic N) is 1. The zero-order valence-electron chi connectivity index (χ0n) is 15.8. The van der Waals surface area contributed by atoms with E-state index in [-0.39, 0.29) is 11.7 Å². The van der Waals surface area contributed by atoms with E-state index in [1.54, 1.807) is 32.4 Å². The van der Waals surface area contributed by atoms with Crippen LogP contribution in [-0.2, 0) is 4.79 Å². The van der Waals surface area contributed by atoms with Gasteiger partial charge in [-0.1, -0.05) is 23.9 Å². The maximum Gasteiger partial charge on any atom is 0.234 e. The van der Waals surface area contributed by atoms with Crippen molar-refractivity contribution in [3.8, 4) is 11.5 Å². The van der Waals surface area contributed by atoms with Crippen LogP contribution in [0.1, 0.15) is 11.1 Å². The molecule has 0 aliphatic rings. The summed E-state index contributed by atoms with van der Waals surface area (Å²) in [7, 11) is 3.15. The van der Waals surface area contributed by atoms with E-state index < -0.39 is 0 Å². The minimum Gasteiger partial charge on any atom is -0.497 e. The number of fused-ring (bicyclic) bond motifs is 1. The van der Waals surface area contributed by atoms with Crippen LogP contribution in [0.5, 0.6) is 11.5 Å². The average Bonchev–Trinajstić information content (AvgIpc) is 2.67. The summed E-state index contributed by atoms with van der Waals surface area (Å²) < 4.78 is 10.5. The molecular formula is C21H22N2O3S. The van der Waals surface area contributed by atoms with Gasteiger partial charge in [0.05, 0.1) is 31.2 Å². The van der Waals surface area contributed by atoms with Gasteiger partial charge < -0.3 is 14.8 Å². The lowest BCUT2D eigenvalue weighted by Crippen LogP contribution is -2.15. The number of benzene rings is 2. The highest BCUT2D eigenvalue weighted by Crippen LogP contribution is 2.30. The number of hydrogen-bond acceptors (Lipinski definition) is 5. The van der Waals surface area contributed by atoms with Gasteiger partial charge in [-0.2, -0.15) is 0 Å². The molecule has 0 spiro atoms. The van der Waals surface area contributed by atoms with E-state index >= 15 is 0 Å². The van der Waals surface area contributed by atoms with E-state index in [0.717, 1.165) is 21.5 Å². The molecule has 6 heteroatoms. The van der Waals surface area contributed by atoms with Gasteiger partial charge in [0.15, 0.2) is 0 Å². The van der Waals surface area contributed by atoms with Crippen LogP contribution in [0.2, 0.25) is 0 Å². The molecule has 0 aliphatic carbocycles. The van der Waals surface area contributed by atoms with E-state index in [9.17, 15) is 4.79 Å². The molecule has 140 valence electrons. The first-order chi connectivity index (χ1) is 13.0. The molecule has 1 aromatic heterocycles. The number of methoxy groups -OCH3 is 2. The minimum absolute atomic E-state index is 0.117. The van der Waals surface area contributed by atoms with Gasteiger partial charge in [-0.15, -0.1) is 0 Å². The van der Waals surface area contributed by atoms with Crippen molar-refractivity contribution < 1.29 is 14.3 Å². The first kappa shape index (κ1) is 19.0. The van der Waals surface area contributed by atoms with Crippen molar-refractivity contribution in [2.75, 3.05) is 25.3 Å². The molecule has 0 bridgehead atoms. The van der Waals surface area contributed by atoms with Gasteiger partial charge in [-0.05, 0) is 49.2 Å². The molecule has 27 heavy (non-hydrogen) atoms. The average molecular weight is 382 g/mol. The summed E-state index contributed by atoms with van der Waals surface area (Å²) in [5.74, 6) is 1.38. The van der Waals surface area contributed by atoms with Gasteiger partial charge in [0, 0.05) is 11.5 Å². The lowest BCUT2D eigenvalue weighted by molar-refractivity contribution is -0.113. The normalized spacial score (nSPS) is 10.7. The number of thioether (sulfide) groups is 1. The summed E-state index contributed by atoms with van der Waals surface area (Å²) in [6, 6.07) is 13.6. The van der Waals surface area contributed by atoms with Gasteiger partial charge in [0.1, 0.15) is 16.5 Å². The second kappa shape index (κ2) is 8.31. The number of ether oxygens (including phenoxy) is 2. The van der Waals surface area contributed by atoms with Crippen LogP contribution in [0, 0.1) is 13.8 Å². The Balaban J connectivity index is 1.71. The molecule has 3 rings (SSSR count). The largest absolute Gasteiger partial charge is 0.497 e. The van der Waals surface area contributed by atoms with E-state index in [4.69, 9.17) is 14.5 Å². The fourth-order valence-corrected chi connectivity index (χ4v) is 3.52. The maximum absolute atomic E-state index is 12.4. The number of aromatic nitrogens is 1. The van der Waals surface area contributed by atoms with Gasteiger partial charge in [-0.3, -0.25) is 4.79 Å². The Morgan fingerprint density at radius 3 is 2.63 bits per heavy atom. The van der Waals surface area contributed by atoms with Crippen molar-refractivity contribution in [2.45, 2.75) is 18.9 Å². The first-order valence-corrected chi connectivity index (χ1v) is 9.51. The van der Waals surface area contributed by atoms with Crippen LogP contribution in [0.3, 0.4) is 0 Å². The molecule has 0 unspecified atom stereocenters. The highest BCUT2D eigenvalue weighted by Gasteiger charge is 2.11. The smallest absolute Gasteiger partial charge is 0.234 e. The molecular weight excluding hydrogens is 360 g/mol. The summed E-state index contributed by atoms with van der Waals surface area (Å²) in [6.45, 7) is 4.06. The van der Waals surface area contributed by atoms with Crippen molar-refractivity contribution >= 4 is 34.3 Å². The SMILES string of the molecule is COc1ccc(NC(=O)CSc2nc3cc(C)ccc3cc2C)c(OC)c1. The number of anilines is 1. The van der Waals surface area contributed by atoms with Gasteiger partial charge in [0.25, 0.3) is 0 Å². The third-order valence-electron chi connectivity index (χ3n) is 4.14. The van der Waals surface area contributed by atoms with Crippen LogP contribution >= 0.6 is 11.8 Å². The number of nitrogens with one attached hydrogen (secondary N) is 1. The molecule has 0 aliphatic heterocycles. The zero-order valence-corrected chi connectivity index (χ0v) is 16.6. The Morgan fingerprint density at radius 1 is 1.07 bits per heavy atom. The number of rotatable bonds is 6. The van der Waals surface area contributed by atoms with Crippen molar-refractivity contribution in [2.24, 2.45) is 0 Å². The number of hydrogen-bond donors (Lipinski definition) is 1. The Hall–Kier alpha value is -2.73. The Kier molecular flexibility index (Phi) is 5.86. The Bertz CT molecular complexity index is 989. The predicted molar refractivity (Wildman–Crippen MR) is 110 cm³/mol. The third-order valence-corrected chi connectivity index (χ3v) is 5.23. The topological polar surface area (TPSA) is 60.5 Å². The second-order valence-corrected chi connectivity index (χ2v) is 7.17. The number of carbonyl (C=O) groups is 1. The molecule has 3 aromatic rings. The Labute approximate surface area is 163 Å². The first-order valence-electron chi connectivity index (χ1n) is 8.53. The number of aryl methyl sites for hydroxylation is 2. The lowest BCUT2D eigenvalue weighted by atomic mass is 10.1. The minimum atomic E-state index is -0.117. The number of amides is 1. The molecule has 1 heterocycles. The molecule has 0 saturated heterocycles. The molecule has 1 N–H and O–H groups in total. The summed E-state index contributed by atoms with van der Waals surface area (Å²) in [5, 5.41) is 4.85. The van der Waals surface area contributed by atoms with Crippen LogP contribution in [0.25, 0.3) is 10.9 Å². The summed E-state index contributed by atoms with van der Waals surface area (Å²) in [6.07, 6.45) is 0. The van der Waals surface area contributed by atoms with Gasteiger partial charge >= 0.3 is 0 Å². The van der Waals surface area contributed by atoms with Crippen molar-refractivity contribution in [1.29, 1.82) is 0 Å². The molecule has 0 radical (unpaired) electrons. The van der Waals surface area contributed by atoms with E-state index in [0.29, 0.717) is 17.2 Å². The summed E-state index contributed by atoms with van der Waals surface area (Å²) in [5.41, 5.74) is 3.79. The highest BCUT2D eigenvalue weighted by molar-refractivity contribution is 8.00. The zero-order chi connectivity index (χ0) is 19.4. The third kappa shape index (κ3) is 4.52. The standard InChI is InChI=1S/C21H22N2O3S/c1-13-5-6-15-10-14(2)21(23-18(15)9-13)27-12-20(24)22-17-8-7-16(25-3)11-19(17)26-4/h5-11H,12H2,1-4H3,(H,22,24). The molecule has 2 aromatic carbocycles. The lowest BCUT2D eigenvalue weighted by Gasteiger charge is -2.12. The fourth-order valence-electron chi connectivity index (χ4n) is 2.73. The summed E-state index contributed by atoms with van der Waals surface area (Å²) in [4.78, 5) is 17.1. The van der Waals surface area contributed by atoms with E-state index in [1.807, 2.05) is 13.8 Å². The van der Waals surface area contributed by atoms with Crippen molar-refractivity contribution in [3.05, 3.63) is 53.6 Å². The fraction of sp³-hybridized carbons (Fsp3) is 0.238. The van der Waals surface area contributed by atoms with Crippen LogP contribution in [0.15, 0.2) is 47.5 Å². The number of pyridine rings is 1. The molecule has 1 amide bonds. The quantitative estimate of drug-likeness (QED) is 0.632. The van der Waals surface area contributed by atoms with Crippen LogP contribution in [-0.4, -0.2) is 30.9 Å². The molecule has 0 saturated carbocycles. The molecule has 5 nitrogen and oxygen atoms in total. The van der Waals surface area contributed by atoms with Crippen LogP contribution < -0.4 is 14.8 Å². The maximum atomic E-state index is 12.4. The molecule has 0 atom stereocenters. The molecule has 0 fully saturated rings. The number of carbonyl (C=O) groups excluding carboxylic acids is 1.